The Balaban J connectivity index is 0.000000506. The molecule has 38 heavy (non-hydrogen) atoms. The van der Waals surface area contributed by atoms with Gasteiger partial charge in [-0.15, -0.1) is 0 Å². The molecule has 0 heterocycles. The van der Waals surface area contributed by atoms with Crippen LogP contribution in [0.25, 0.3) is 0 Å². The van der Waals surface area contributed by atoms with Gasteiger partial charge in [-0.3, -0.25) is 0 Å². The molecule has 0 bridgehead atoms. The Morgan fingerprint density at radius 3 is 1.00 bits per heavy atom. The van der Waals surface area contributed by atoms with E-state index >= 15 is 0 Å². The summed E-state index contributed by atoms with van der Waals surface area (Å²) < 4.78 is 0.834. The zero-order valence-corrected chi connectivity index (χ0v) is 25.8. The van der Waals surface area contributed by atoms with Crippen LogP contribution in [0.4, 0.5) is 14.4 Å². The van der Waals surface area contributed by atoms with Crippen LogP contribution < -0.4 is 15.3 Å². The van der Waals surface area contributed by atoms with Crippen molar-refractivity contribution in [3.63, 3.8) is 0 Å². The second kappa shape index (κ2) is 20.0. The standard InChI is InChI=1S/C13H17.3C5H11NO2.Ti/c1-3-7-12-10(5-1)9-11-6-2-4-8-13(11)12;3*1-3-6(4-2)5(7)8;/h9H,1-8H2;3*3-4H2,1-2H3,(H,7,8);/q;;;;+3/p-3. The van der Waals surface area contributed by atoms with Gasteiger partial charge in [-0.2, -0.15) is 0 Å². The minimum absolute atomic E-state index is 0.513. The summed E-state index contributed by atoms with van der Waals surface area (Å²) in [6.07, 6.45) is 8.14. The van der Waals surface area contributed by atoms with Crippen molar-refractivity contribution in [3.05, 3.63) is 22.3 Å². The summed E-state index contributed by atoms with van der Waals surface area (Å²) in [6.45, 7) is 13.7. The first-order valence-corrected chi connectivity index (χ1v) is 15.0. The topological polar surface area (TPSA) is 130 Å². The quantitative estimate of drug-likeness (QED) is 0.452. The number of carboxylic acid groups (broad SMARTS) is 3. The van der Waals surface area contributed by atoms with Gasteiger partial charge in [-0.05, 0) is 41.5 Å². The maximum atomic E-state index is 9.98. The molecule has 0 N–H and O–H groups in total. The molecule has 3 amide bonds. The predicted molar refractivity (Wildman–Crippen MR) is 140 cm³/mol. The molecule has 0 spiro atoms. The molecule has 0 aromatic rings. The molecule has 3 aliphatic rings. The van der Waals surface area contributed by atoms with Gasteiger partial charge in [0.2, 0.25) is 0 Å². The maximum absolute atomic E-state index is 9.98. The van der Waals surface area contributed by atoms with Crippen molar-refractivity contribution in [3.8, 4) is 0 Å². The first-order chi connectivity index (χ1) is 18.0. The third-order valence-electron chi connectivity index (χ3n) is 7.15. The molecule has 0 aromatic heterocycles. The van der Waals surface area contributed by atoms with Crippen LogP contribution in [-0.4, -0.2) is 72.2 Å². The Bertz CT molecular complexity index is 718. The van der Waals surface area contributed by atoms with Gasteiger partial charge in [0.25, 0.3) is 0 Å². The number of amides is 3. The van der Waals surface area contributed by atoms with Crippen LogP contribution in [0, 0.1) is 0 Å². The average molecular weight is 570 g/mol. The fraction of sp³-hybridized carbons (Fsp3) is 0.750. The molecule has 0 fully saturated rings. The zero-order chi connectivity index (χ0) is 29.3. The molecule has 9 nitrogen and oxygen atoms in total. The van der Waals surface area contributed by atoms with Crippen molar-refractivity contribution >= 4 is 18.3 Å². The molecule has 0 radical (unpaired) electrons. The molecule has 0 unspecified atom stereocenters. The van der Waals surface area contributed by atoms with Crippen LogP contribution in [0.15, 0.2) is 22.3 Å². The molecule has 0 atom stereocenters. The number of allylic oxidation sites excluding steroid dienone is 4. The van der Waals surface area contributed by atoms with Crippen LogP contribution in [0.1, 0.15) is 92.9 Å². The van der Waals surface area contributed by atoms with E-state index in [1.54, 1.807) is 41.5 Å². The van der Waals surface area contributed by atoms with Gasteiger partial charge in [0.15, 0.2) is 0 Å². The zero-order valence-electron chi connectivity index (χ0n) is 24.3. The molecular weight excluding hydrogens is 522 g/mol. The number of hydrogen-bond acceptors (Lipinski definition) is 6. The van der Waals surface area contributed by atoms with Crippen LogP contribution in [0.3, 0.4) is 0 Å². The van der Waals surface area contributed by atoms with Gasteiger partial charge in [0, 0.05) is 39.3 Å². The summed E-state index contributed by atoms with van der Waals surface area (Å²) in [5, 5.41) is 29.9. The van der Waals surface area contributed by atoms with E-state index in [1.165, 1.54) is 66.1 Å². The van der Waals surface area contributed by atoms with Crippen molar-refractivity contribution < 1.29 is 50.1 Å². The monoisotopic (exact) mass is 569 g/mol. The summed E-state index contributed by atoms with van der Waals surface area (Å²) in [7, 11) is 0. The summed E-state index contributed by atoms with van der Waals surface area (Å²) >= 11 is 2.45. The third-order valence-corrected chi connectivity index (χ3v) is 8.24. The van der Waals surface area contributed by atoms with Crippen LogP contribution in [-0.2, 0) is 20.4 Å². The Labute approximate surface area is 241 Å². The van der Waals surface area contributed by atoms with Crippen molar-refractivity contribution in [2.24, 2.45) is 0 Å². The van der Waals surface area contributed by atoms with Gasteiger partial charge < -0.3 is 44.4 Å². The van der Waals surface area contributed by atoms with Crippen molar-refractivity contribution in [1.29, 1.82) is 0 Å². The molecule has 3 rings (SSSR count). The fourth-order valence-electron chi connectivity index (χ4n) is 4.84. The van der Waals surface area contributed by atoms with E-state index in [0.29, 0.717) is 39.3 Å². The average Bonchev–Trinajstić information content (AvgIpc) is 3.19. The van der Waals surface area contributed by atoms with Gasteiger partial charge in [0.05, 0.1) is 0 Å². The first-order valence-electron chi connectivity index (χ1n) is 14.1. The van der Waals surface area contributed by atoms with E-state index in [-0.39, 0.29) is 0 Å². The van der Waals surface area contributed by atoms with Gasteiger partial charge in [-0.1, -0.05) is 0 Å². The van der Waals surface area contributed by atoms with E-state index in [1.807, 2.05) is 22.3 Å². The summed E-state index contributed by atoms with van der Waals surface area (Å²) in [5.74, 6) is 0. The van der Waals surface area contributed by atoms with Gasteiger partial charge >= 0.3 is 98.3 Å². The second-order valence-electron chi connectivity index (χ2n) is 9.17. The fourth-order valence-corrected chi connectivity index (χ4v) is 5.83. The van der Waals surface area contributed by atoms with Crippen LogP contribution >= 0.6 is 0 Å². The number of fused-ring (bicyclic) bond motifs is 1. The Morgan fingerprint density at radius 1 is 0.579 bits per heavy atom. The van der Waals surface area contributed by atoms with Crippen molar-refractivity contribution in [2.75, 3.05) is 39.3 Å². The summed E-state index contributed by atoms with van der Waals surface area (Å²) in [5.41, 5.74) is 7.31. The predicted octanol–water partition coefficient (Wildman–Crippen LogP) is 3.09. The molecule has 0 aliphatic heterocycles. The van der Waals surface area contributed by atoms with Crippen molar-refractivity contribution in [1.82, 2.24) is 14.7 Å². The molecule has 214 valence electrons. The summed E-state index contributed by atoms with van der Waals surface area (Å²) in [4.78, 5) is 33.6. The van der Waals surface area contributed by atoms with Crippen LogP contribution in [0.2, 0.25) is 4.22 Å². The Morgan fingerprint density at radius 2 is 0.816 bits per heavy atom. The number of hydrogen-bond donors (Lipinski definition) is 0. The number of nitrogens with zero attached hydrogens (tertiary/aromatic N) is 3. The molecule has 3 aliphatic carbocycles. The number of rotatable bonds is 6. The van der Waals surface area contributed by atoms with E-state index in [2.05, 4.69) is 20.4 Å². The van der Waals surface area contributed by atoms with Gasteiger partial charge in [0.1, 0.15) is 18.3 Å². The second-order valence-corrected chi connectivity index (χ2v) is 10.1. The SMILES string of the molecule is CCN(CC)C(=O)[O-].CCN(CC)C(=O)[O-].CCN(CC)C(=O)[O-].[Ti+3][CH]1C2=C(CCCC2)C2=C1CCCC2. The van der Waals surface area contributed by atoms with E-state index in [9.17, 15) is 29.7 Å². The van der Waals surface area contributed by atoms with Gasteiger partial charge in [-0.25, -0.2) is 0 Å². The molecule has 0 saturated heterocycles. The number of carbonyl (C=O) groups excluding carboxylic acids is 3. The van der Waals surface area contributed by atoms with Crippen molar-refractivity contribution in [2.45, 2.75) is 97.1 Å². The molecule has 0 aromatic carbocycles. The first kappa shape index (κ1) is 36.0. The number of carbonyl (C=O) groups is 3. The third kappa shape index (κ3) is 11.8. The molecular formula is C28H47N3O6Ti. The molecule has 0 saturated carbocycles. The van der Waals surface area contributed by atoms with E-state index < -0.39 is 18.3 Å². The normalized spacial score (nSPS) is 15.9. The van der Waals surface area contributed by atoms with E-state index in [0.717, 1.165) is 4.22 Å². The summed E-state index contributed by atoms with van der Waals surface area (Å²) in [6, 6.07) is 0. The Kier molecular flexibility index (Phi) is 18.9. The minimum atomic E-state index is -1.09. The Hall–Kier alpha value is -2.00. The van der Waals surface area contributed by atoms with Crippen LogP contribution in [0.5, 0.6) is 0 Å². The molecule has 10 heteroatoms. The van der Waals surface area contributed by atoms with E-state index in [4.69, 9.17) is 0 Å².